The molecule has 0 aromatic carbocycles. The quantitative estimate of drug-likeness (QED) is 0.109. The Balaban J connectivity index is 2.18. The van der Waals surface area contributed by atoms with Crippen LogP contribution in [0, 0.1) is 17.8 Å². The van der Waals surface area contributed by atoms with Crippen molar-refractivity contribution in [3.8, 4) is 0 Å². The zero-order valence-electron chi connectivity index (χ0n) is 38.2. The average molecular weight is 849 g/mol. The van der Waals surface area contributed by atoms with Crippen molar-refractivity contribution in [3.63, 3.8) is 0 Å². The third-order valence-electron chi connectivity index (χ3n) is 13.4. The van der Waals surface area contributed by atoms with Gasteiger partial charge in [0.05, 0.1) is 42.0 Å². The summed E-state index contributed by atoms with van der Waals surface area (Å²) in [6.45, 7) is 20.4. The molecule has 3 fully saturated rings. The van der Waals surface area contributed by atoms with Crippen LogP contribution >= 0.6 is 0 Å². The number of methoxy groups -OCH3 is 1. The van der Waals surface area contributed by atoms with Gasteiger partial charge in [-0.15, -0.1) is 0 Å². The summed E-state index contributed by atoms with van der Waals surface area (Å²) in [5, 5.41) is 68.6. The molecule has 0 radical (unpaired) electrons. The Morgan fingerprint density at radius 2 is 1.64 bits per heavy atom. The fraction of sp³-hybridized carbons (Fsp3) is 0.952. The van der Waals surface area contributed by atoms with Gasteiger partial charge in [0, 0.05) is 46.1 Å². The van der Waals surface area contributed by atoms with Crippen molar-refractivity contribution in [1.82, 2.24) is 20.9 Å². The highest BCUT2D eigenvalue weighted by atomic mass is 16.7. The van der Waals surface area contributed by atoms with Gasteiger partial charge in [-0.25, -0.2) is 4.79 Å². The van der Waals surface area contributed by atoms with Gasteiger partial charge in [0.2, 0.25) is 0 Å². The largest absolute Gasteiger partial charge is 0.459 e. The number of aliphatic hydroxyl groups excluding tert-OH is 2. The number of carbonyl (C=O) groups is 2. The van der Waals surface area contributed by atoms with Gasteiger partial charge >= 0.3 is 12.0 Å². The molecular formula is C42H80N4O13. The first kappa shape index (κ1) is 51.6. The smallest absolute Gasteiger partial charge is 0.317 e. The van der Waals surface area contributed by atoms with Crippen LogP contribution in [0.4, 0.5) is 4.79 Å². The number of nitrogens with one attached hydrogen (secondary N) is 3. The van der Waals surface area contributed by atoms with Gasteiger partial charge in [-0.2, -0.15) is 0 Å². The lowest BCUT2D eigenvalue weighted by Gasteiger charge is -2.53. The van der Waals surface area contributed by atoms with Crippen LogP contribution in [0.2, 0.25) is 0 Å². The Hall–Kier alpha value is -1.74. The van der Waals surface area contributed by atoms with E-state index in [1.807, 2.05) is 20.8 Å². The van der Waals surface area contributed by atoms with Crippen molar-refractivity contribution in [2.75, 3.05) is 40.8 Å². The predicted molar refractivity (Wildman–Crippen MR) is 220 cm³/mol. The van der Waals surface area contributed by atoms with E-state index in [4.69, 9.17) is 28.4 Å². The van der Waals surface area contributed by atoms with Gasteiger partial charge in [-0.1, -0.05) is 27.7 Å². The number of ether oxygens (including phenoxy) is 6. The molecule has 17 nitrogen and oxygen atoms in total. The van der Waals surface area contributed by atoms with E-state index >= 15 is 0 Å². The molecule has 17 heteroatoms. The predicted octanol–water partition coefficient (Wildman–Crippen LogP) is 1.64. The molecule has 3 rings (SSSR count). The molecule has 0 bridgehead atoms. The van der Waals surface area contributed by atoms with Crippen LogP contribution in [0.3, 0.4) is 0 Å². The number of cyclic esters (lactones) is 1. The summed E-state index contributed by atoms with van der Waals surface area (Å²) in [7, 11) is 4.59. The Labute approximate surface area is 352 Å². The summed E-state index contributed by atoms with van der Waals surface area (Å²) in [5.74, 6) is -2.91. The summed E-state index contributed by atoms with van der Waals surface area (Å²) in [4.78, 5) is 28.5. The first-order valence-electron chi connectivity index (χ1n) is 21.6. The van der Waals surface area contributed by atoms with E-state index in [1.165, 1.54) is 26.0 Å². The third kappa shape index (κ3) is 11.6. The van der Waals surface area contributed by atoms with Crippen LogP contribution in [0.25, 0.3) is 0 Å². The first-order chi connectivity index (χ1) is 27.3. The monoisotopic (exact) mass is 849 g/mol. The number of hydrogen-bond donors (Lipinski definition) is 8. The highest BCUT2D eigenvalue weighted by Gasteiger charge is 2.58. The summed E-state index contributed by atoms with van der Waals surface area (Å²) in [6.07, 6.45) is -8.09. The normalized spacial score (nSPS) is 45.8. The number of carbonyl (C=O) groups excluding carboxylic acids is 2. The molecule has 3 saturated heterocycles. The van der Waals surface area contributed by atoms with E-state index in [1.54, 1.807) is 55.5 Å². The van der Waals surface area contributed by atoms with Gasteiger partial charge < -0.3 is 74.8 Å². The van der Waals surface area contributed by atoms with Crippen molar-refractivity contribution in [2.24, 2.45) is 17.8 Å². The molecule has 0 aliphatic carbocycles. The molecule has 0 aromatic rings. The van der Waals surface area contributed by atoms with Crippen LogP contribution in [0.5, 0.6) is 0 Å². The molecule has 2 amide bonds. The number of aliphatic hydroxyl groups is 5. The van der Waals surface area contributed by atoms with E-state index in [2.05, 4.69) is 16.0 Å². The van der Waals surface area contributed by atoms with Crippen LogP contribution in [-0.2, 0) is 33.2 Å². The molecular weight excluding hydrogens is 768 g/mol. The second kappa shape index (κ2) is 21.1. The van der Waals surface area contributed by atoms with Gasteiger partial charge in [0.1, 0.15) is 35.1 Å². The fourth-order valence-electron chi connectivity index (χ4n) is 9.41. The minimum absolute atomic E-state index is 0.0552. The van der Waals surface area contributed by atoms with Gasteiger partial charge in [-0.3, -0.25) is 4.79 Å². The van der Waals surface area contributed by atoms with Crippen molar-refractivity contribution in [2.45, 2.75) is 198 Å². The van der Waals surface area contributed by atoms with Gasteiger partial charge in [-0.05, 0) is 93.2 Å². The second-order valence-corrected chi connectivity index (χ2v) is 18.4. The fourth-order valence-corrected chi connectivity index (χ4v) is 9.41. The number of amides is 2. The minimum Gasteiger partial charge on any atom is -0.459 e. The maximum absolute atomic E-state index is 14.4. The van der Waals surface area contributed by atoms with Crippen molar-refractivity contribution in [1.29, 1.82) is 0 Å². The Morgan fingerprint density at radius 1 is 1.00 bits per heavy atom. The van der Waals surface area contributed by atoms with E-state index in [0.717, 1.165) is 6.42 Å². The van der Waals surface area contributed by atoms with E-state index in [9.17, 15) is 35.1 Å². The summed E-state index contributed by atoms with van der Waals surface area (Å²) < 4.78 is 38.2. The van der Waals surface area contributed by atoms with Crippen LogP contribution in [-0.4, -0.2) is 173 Å². The minimum atomic E-state index is -1.85. The van der Waals surface area contributed by atoms with E-state index in [0.29, 0.717) is 19.5 Å². The Kier molecular flexibility index (Phi) is 18.4. The number of urea groups is 1. The van der Waals surface area contributed by atoms with E-state index in [-0.39, 0.29) is 31.7 Å². The molecule has 3 aliphatic rings. The summed E-state index contributed by atoms with van der Waals surface area (Å²) >= 11 is 0. The zero-order valence-corrected chi connectivity index (χ0v) is 38.2. The lowest BCUT2D eigenvalue weighted by Crippen LogP contribution is -2.70. The van der Waals surface area contributed by atoms with Crippen molar-refractivity contribution in [3.05, 3.63) is 0 Å². The van der Waals surface area contributed by atoms with E-state index < -0.39 is 114 Å². The molecule has 10 unspecified atom stereocenters. The lowest BCUT2D eigenvalue weighted by molar-refractivity contribution is -0.336. The highest BCUT2D eigenvalue weighted by molar-refractivity contribution is 5.74. The number of nitrogens with zero attached hydrogens (tertiary/aromatic N) is 1. The number of rotatable bonds is 11. The van der Waals surface area contributed by atoms with Crippen molar-refractivity contribution >= 4 is 12.0 Å². The maximum Gasteiger partial charge on any atom is 0.317 e. The highest BCUT2D eigenvalue weighted by Crippen LogP contribution is 2.43. The summed E-state index contributed by atoms with van der Waals surface area (Å²) in [5.41, 5.74) is -6.14. The Bertz CT molecular complexity index is 1340. The molecule has 59 heavy (non-hydrogen) atoms. The van der Waals surface area contributed by atoms with Crippen molar-refractivity contribution < 1.29 is 63.5 Å². The van der Waals surface area contributed by atoms with Gasteiger partial charge in [0.15, 0.2) is 12.6 Å². The average Bonchev–Trinajstić information content (AvgIpc) is 3.18. The zero-order chi connectivity index (χ0) is 44.8. The second-order valence-electron chi connectivity index (χ2n) is 18.4. The number of likely N-dealkylation sites (N-methyl/N-ethyl adjacent to an activating group) is 1. The van der Waals surface area contributed by atoms with Gasteiger partial charge in [0.25, 0.3) is 0 Å². The summed E-state index contributed by atoms with van der Waals surface area (Å²) in [6, 6.07) is -1.73. The maximum atomic E-state index is 14.4. The third-order valence-corrected chi connectivity index (χ3v) is 13.4. The molecule has 0 spiro atoms. The van der Waals surface area contributed by atoms with Crippen LogP contribution < -0.4 is 16.0 Å². The SMILES string of the molecule is CCCNC[C@]1(O)[C@H](C)O[C@@H](OC2C(C)C(=O)OC(CC)C(C)(O)C(O)C(C)NCC(C)CC(C)(O)C(O[C@@H]3O[C@H](C)C[C@H](N(C)C(=O)NC)[C@H]3O)C2C)C[C@@]1(C)OC. The molecule has 18 atom stereocenters. The lowest BCUT2D eigenvalue weighted by atomic mass is 9.75. The molecule has 346 valence electrons. The topological polar surface area (TPSA) is 230 Å². The molecule has 8 N–H and O–H groups in total. The Morgan fingerprint density at radius 3 is 2.22 bits per heavy atom. The van der Waals surface area contributed by atoms with Crippen LogP contribution in [0.1, 0.15) is 108 Å². The number of hydrogen-bond acceptors (Lipinski definition) is 15. The molecule has 0 saturated carbocycles. The molecule has 3 heterocycles. The first-order valence-corrected chi connectivity index (χ1v) is 21.6. The molecule has 0 aromatic heterocycles. The molecule has 3 aliphatic heterocycles. The van der Waals surface area contributed by atoms with Crippen LogP contribution in [0.15, 0.2) is 0 Å². The number of esters is 1. The standard InChI is InChI=1S/C42H80N4O13/c1-15-17-44-22-42(53)28(8)56-31(20-40(42,10)54-14)58-33-25(5)35(59-37-32(47)29(18-24(4)55-37)46(13)38(50)43-12)39(9,51)19-23(3)21-45-27(7)34(48)41(11,52)30(16-2)57-36(49)26(33)6/h23-35,37,44-45,47-48,51-53H,15-22H2,1-14H3,(H,43,50)/t23?,24-,25?,26?,27?,28+,29+,30?,31+,32-,33?,34?,35?,37+,39?,40-,41?,42+/m1/s1.